The molecule has 0 fully saturated rings. The van der Waals surface area contributed by atoms with Crippen LogP contribution in [0.1, 0.15) is 0 Å². The lowest BCUT2D eigenvalue weighted by Gasteiger charge is -1.69. The van der Waals surface area contributed by atoms with E-state index in [2.05, 4.69) is 15.0 Å². The molecule has 3 nitrogen and oxygen atoms in total. The maximum Gasteiger partial charge on any atom is 0.119 e. The Morgan fingerprint density at radius 1 is 0.417 bits per heavy atom. The second-order valence-electron chi connectivity index (χ2n) is 1.95. The molecule has 1 aromatic heterocycles. The van der Waals surface area contributed by atoms with E-state index in [1.54, 1.807) is 0 Å². The summed E-state index contributed by atoms with van der Waals surface area (Å²) in [5.41, 5.74) is 0. The molecule has 0 unspecified atom stereocenters. The van der Waals surface area contributed by atoms with Crippen molar-refractivity contribution in [3.8, 4) is 0 Å². The molecule has 60 valence electrons. The molecule has 0 saturated carbocycles. The number of nitrogens with zero attached hydrogens (tertiary/aromatic N) is 3. The summed E-state index contributed by atoms with van der Waals surface area (Å²) in [5.74, 6) is 0. The van der Waals surface area contributed by atoms with Crippen molar-refractivity contribution in [2.24, 2.45) is 0 Å². The van der Waals surface area contributed by atoms with Gasteiger partial charge in [-0.15, -0.1) is 0 Å². The molecule has 0 aliphatic heterocycles. The van der Waals surface area contributed by atoms with Gasteiger partial charge in [0.15, 0.2) is 0 Å². The van der Waals surface area contributed by atoms with Crippen LogP contribution in [-0.4, -0.2) is 15.0 Å². The van der Waals surface area contributed by atoms with Crippen LogP contribution in [0, 0.1) is 0 Å². The zero-order valence-electron chi connectivity index (χ0n) is 6.54. The van der Waals surface area contributed by atoms with Gasteiger partial charge in [-0.3, -0.25) is 0 Å². The highest BCUT2D eigenvalue weighted by Crippen LogP contribution is 1.79. The van der Waals surface area contributed by atoms with Gasteiger partial charge in [-0.05, 0) is 0 Å². The number of aromatic nitrogens is 3. The van der Waals surface area contributed by atoms with Crippen LogP contribution >= 0.6 is 0 Å². The van der Waals surface area contributed by atoms with Crippen molar-refractivity contribution in [2.75, 3.05) is 0 Å². The molecule has 0 spiro atoms. The monoisotopic (exact) mass is 159 g/mol. The first-order valence-corrected chi connectivity index (χ1v) is 3.55. The third-order valence-electron chi connectivity index (χ3n) is 1.07. The van der Waals surface area contributed by atoms with Gasteiger partial charge < -0.3 is 0 Å². The first-order valence-electron chi connectivity index (χ1n) is 3.55. The predicted octanol–water partition coefficient (Wildman–Crippen LogP) is 1.56. The fourth-order valence-electron chi connectivity index (χ4n) is 0.590. The smallest absolute Gasteiger partial charge is 0.119 e. The molecule has 1 heterocycles. The van der Waals surface area contributed by atoms with Gasteiger partial charge in [0.1, 0.15) is 19.0 Å². The second kappa shape index (κ2) is 5.97. The molecule has 0 atom stereocenters. The minimum Gasteiger partial charge on any atom is -0.225 e. The van der Waals surface area contributed by atoms with Crippen LogP contribution in [-0.2, 0) is 0 Å². The molecule has 2 aromatic rings. The molecular weight excluding hydrogens is 150 g/mol. The molecule has 1 aromatic carbocycles. The third kappa shape index (κ3) is 4.11. The summed E-state index contributed by atoms with van der Waals surface area (Å²) in [6, 6.07) is 12.0. The summed E-state index contributed by atoms with van der Waals surface area (Å²) in [7, 11) is 0. The van der Waals surface area contributed by atoms with Crippen molar-refractivity contribution in [2.45, 2.75) is 0 Å². The molecule has 0 aliphatic rings. The Labute approximate surface area is 71.2 Å². The average molecular weight is 159 g/mol. The summed E-state index contributed by atoms with van der Waals surface area (Å²) in [4.78, 5) is 10.7. The van der Waals surface area contributed by atoms with Crippen LogP contribution in [0.15, 0.2) is 55.4 Å². The van der Waals surface area contributed by atoms with E-state index in [9.17, 15) is 0 Å². The topological polar surface area (TPSA) is 38.7 Å². The van der Waals surface area contributed by atoms with E-state index in [0.717, 1.165) is 0 Å². The molecule has 3 heteroatoms. The van der Waals surface area contributed by atoms with Crippen molar-refractivity contribution >= 4 is 0 Å². The Bertz CT molecular complexity index is 185. The van der Waals surface area contributed by atoms with Gasteiger partial charge in [-0.1, -0.05) is 36.4 Å². The highest BCUT2D eigenvalue weighted by atomic mass is 14.9. The van der Waals surface area contributed by atoms with Crippen LogP contribution in [0.25, 0.3) is 0 Å². The van der Waals surface area contributed by atoms with E-state index in [0.29, 0.717) is 0 Å². The predicted molar refractivity (Wildman–Crippen MR) is 46.3 cm³/mol. The van der Waals surface area contributed by atoms with Gasteiger partial charge in [0, 0.05) is 0 Å². The van der Waals surface area contributed by atoms with E-state index in [-0.39, 0.29) is 0 Å². The largest absolute Gasteiger partial charge is 0.225 e. The number of hydrogen-bond donors (Lipinski definition) is 0. The molecule has 0 N–H and O–H groups in total. The first kappa shape index (κ1) is 8.33. The standard InChI is InChI=1S/C6H6.C3H3N3/c1-2-4-6-5-3-1;1-4-2-6-3-5-1/h1-6H;1-3H. The summed E-state index contributed by atoms with van der Waals surface area (Å²) in [5, 5.41) is 0. The molecular formula is C9H9N3. The summed E-state index contributed by atoms with van der Waals surface area (Å²) < 4.78 is 0. The first-order chi connectivity index (χ1) is 6.00. The third-order valence-corrected chi connectivity index (χ3v) is 1.07. The number of rotatable bonds is 0. The summed E-state index contributed by atoms with van der Waals surface area (Å²) >= 11 is 0. The van der Waals surface area contributed by atoms with Crippen molar-refractivity contribution in [1.29, 1.82) is 0 Å². The summed E-state index contributed by atoms with van der Waals surface area (Å²) in [6.07, 6.45) is 4.31. The van der Waals surface area contributed by atoms with Gasteiger partial charge in [-0.25, -0.2) is 15.0 Å². The molecule has 0 aliphatic carbocycles. The lowest BCUT2D eigenvalue weighted by molar-refractivity contribution is 1.05. The van der Waals surface area contributed by atoms with Crippen LogP contribution in [0.5, 0.6) is 0 Å². The fraction of sp³-hybridized carbons (Fsp3) is 0. The number of benzene rings is 1. The van der Waals surface area contributed by atoms with E-state index in [4.69, 9.17) is 0 Å². The van der Waals surface area contributed by atoms with Gasteiger partial charge in [0.05, 0.1) is 0 Å². The van der Waals surface area contributed by atoms with Gasteiger partial charge in [0.25, 0.3) is 0 Å². The van der Waals surface area contributed by atoms with Crippen LogP contribution in [0.3, 0.4) is 0 Å². The Morgan fingerprint density at radius 2 is 0.667 bits per heavy atom. The van der Waals surface area contributed by atoms with E-state index < -0.39 is 0 Å². The lowest BCUT2D eigenvalue weighted by atomic mass is 10.4. The van der Waals surface area contributed by atoms with Crippen molar-refractivity contribution < 1.29 is 0 Å². The van der Waals surface area contributed by atoms with Crippen LogP contribution in [0.4, 0.5) is 0 Å². The highest BCUT2D eigenvalue weighted by molar-refractivity contribution is 4.99. The maximum absolute atomic E-state index is 3.56. The minimum atomic E-state index is 1.44. The Hall–Kier alpha value is -1.77. The zero-order valence-corrected chi connectivity index (χ0v) is 6.54. The van der Waals surface area contributed by atoms with E-state index >= 15 is 0 Å². The van der Waals surface area contributed by atoms with Crippen molar-refractivity contribution in [3.05, 3.63) is 55.4 Å². The van der Waals surface area contributed by atoms with Crippen LogP contribution < -0.4 is 0 Å². The molecule has 0 radical (unpaired) electrons. The SMILES string of the molecule is c1ccccc1.c1ncncn1. The molecule has 2 rings (SSSR count). The normalized spacial score (nSPS) is 8.00. The Kier molecular flexibility index (Phi) is 4.15. The van der Waals surface area contributed by atoms with Crippen molar-refractivity contribution in [3.63, 3.8) is 0 Å². The maximum atomic E-state index is 3.56. The van der Waals surface area contributed by atoms with E-state index in [1.165, 1.54) is 19.0 Å². The number of hydrogen-bond acceptors (Lipinski definition) is 3. The molecule has 12 heavy (non-hydrogen) atoms. The Balaban J connectivity index is 0.000000120. The van der Waals surface area contributed by atoms with Gasteiger partial charge >= 0.3 is 0 Å². The molecule has 0 amide bonds. The van der Waals surface area contributed by atoms with E-state index in [1.807, 2.05) is 36.4 Å². The highest BCUT2D eigenvalue weighted by Gasteiger charge is 1.59. The molecule has 0 bridgehead atoms. The van der Waals surface area contributed by atoms with Crippen molar-refractivity contribution in [1.82, 2.24) is 15.0 Å². The van der Waals surface area contributed by atoms with Gasteiger partial charge in [0.2, 0.25) is 0 Å². The van der Waals surface area contributed by atoms with Gasteiger partial charge in [-0.2, -0.15) is 0 Å². The Morgan fingerprint density at radius 3 is 0.833 bits per heavy atom. The second-order valence-corrected chi connectivity index (χ2v) is 1.95. The lowest BCUT2D eigenvalue weighted by Crippen LogP contribution is -1.73. The zero-order chi connectivity index (χ0) is 8.49. The minimum absolute atomic E-state index is 1.44. The molecule has 0 saturated heterocycles. The average Bonchev–Trinajstić information content (AvgIpc) is 2.24. The quantitative estimate of drug-likeness (QED) is 0.585. The van der Waals surface area contributed by atoms with Crippen LogP contribution in [0.2, 0.25) is 0 Å². The summed E-state index contributed by atoms with van der Waals surface area (Å²) in [6.45, 7) is 0. The fourth-order valence-corrected chi connectivity index (χ4v) is 0.590.